The maximum Gasteiger partial charge on any atom is 0.259 e. The molecule has 5 heteroatoms. The number of amides is 1. The number of anilines is 1. The number of phenolic OH excluding ortho intramolecular Hbond substituents is 1. The largest absolute Gasteiger partial charge is 0.508 e. The van der Waals surface area contributed by atoms with Crippen LogP contribution in [0.4, 0.5) is 5.69 Å². The van der Waals surface area contributed by atoms with Crippen LogP contribution in [0.1, 0.15) is 15.9 Å². The lowest BCUT2D eigenvalue weighted by Gasteiger charge is -2.09. The molecule has 0 saturated heterocycles. The van der Waals surface area contributed by atoms with Crippen LogP contribution in [0.5, 0.6) is 5.75 Å². The van der Waals surface area contributed by atoms with E-state index in [-0.39, 0.29) is 11.7 Å². The molecule has 3 aromatic rings. The van der Waals surface area contributed by atoms with E-state index in [0.29, 0.717) is 16.9 Å². The lowest BCUT2D eigenvalue weighted by Crippen LogP contribution is -2.14. The predicted molar refractivity (Wildman–Crippen MR) is 76.0 cm³/mol. The van der Waals surface area contributed by atoms with Gasteiger partial charge in [0.15, 0.2) is 0 Å². The molecule has 0 radical (unpaired) electrons. The Hall–Kier alpha value is -2.82. The van der Waals surface area contributed by atoms with Gasteiger partial charge in [-0.1, -0.05) is 0 Å². The topological polar surface area (TPSA) is 66.6 Å². The molecule has 0 unspecified atom stereocenters. The summed E-state index contributed by atoms with van der Waals surface area (Å²) >= 11 is 0. The Kier molecular flexibility index (Phi) is 2.87. The molecule has 5 nitrogen and oxygen atoms in total. The number of carbonyl (C=O) groups excluding carboxylic acids is 1. The number of benzene rings is 1. The summed E-state index contributed by atoms with van der Waals surface area (Å²) in [6.45, 7) is 1.82. The number of aromatic hydroxyl groups is 1. The summed E-state index contributed by atoms with van der Waals surface area (Å²) in [6.07, 6.45) is 5.28. The van der Waals surface area contributed by atoms with Crippen molar-refractivity contribution in [2.45, 2.75) is 6.92 Å². The summed E-state index contributed by atoms with van der Waals surface area (Å²) < 4.78 is 1.79. The predicted octanol–water partition coefficient (Wildman–Crippen LogP) is 2.60. The highest BCUT2D eigenvalue weighted by atomic mass is 16.3. The maximum atomic E-state index is 12.3. The maximum absolute atomic E-state index is 12.3. The molecule has 3 rings (SSSR count). The number of carbonyl (C=O) groups is 1. The van der Waals surface area contributed by atoms with Gasteiger partial charge in [0.1, 0.15) is 11.4 Å². The third kappa shape index (κ3) is 2.09. The van der Waals surface area contributed by atoms with Gasteiger partial charge in [0.05, 0.1) is 5.56 Å². The van der Waals surface area contributed by atoms with E-state index in [1.165, 1.54) is 0 Å². The smallest absolute Gasteiger partial charge is 0.259 e. The molecule has 0 fully saturated rings. The molecule has 0 saturated carbocycles. The average molecular weight is 267 g/mol. The van der Waals surface area contributed by atoms with Gasteiger partial charge in [-0.3, -0.25) is 4.79 Å². The quantitative estimate of drug-likeness (QED) is 0.701. The second-order valence-electron chi connectivity index (χ2n) is 4.53. The molecular formula is C15H13N3O2. The summed E-state index contributed by atoms with van der Waals surface area (Å²) in [6, 6.07) is 8.35. The van der Waals surface area contributed by atoms with E-state index in [2.05, 4.69) is 10.3 Å². The number of nitrogens with one attached hydrogen (secondary N) is 1. The first-order chi connectivity index (χ1) is 9.65. The first kappa shape index (κ1) is 12.2. The minimum Gasteiger partial charge on any atom is -0.508 e. The van der Waals surface area contributed by atoms with Gasteiger partial charge in [-0.15, -0.1) is 0 Å². The number of nitrogens with zero attached hydrogens (tertiary/aromatic N) is 2. The Labute approximate surface area is 115 Å². The Morgan fingerprint density at radius 2 is 2.15 bits per heavy atom. The number of imidazole rings is 1. The standard InChI is InChI=1S/C15H13N3O2/c1-10-9-11(19)4-5-13(10)17-15(20)12-3-2-7-18-8-6-16-14(12)18/h2-9,19H,1H3,(H,17,20). The van der Waals surface area contributed by atoms with Gasteiger partial charge >= 0.3 is 0 Å². The number of pyridine rings is 1. The monoisotopic (exact) mass is 267 g/mol. The second kappa shape index (κ2) is 4.70. The lowest BCUT2D eigenvalue weighted by molar-refractivity contribution is 0.102. The Morgan fingerprint density at radius 3 is 2.95 bits per heavy atom. The number of hydrogen-bond acceptors (Lipinski definition) is 3. The number of hydrogen-bond donors (Lipinski definition) is 2. The van der Waals surface area contributed by atoms with Crippen LogP contribution >= 0.6 is 0 Å². The highest BCUT2D eigenvalue weighted by molar-refractivity contribution is 6.08. The van der Waals surface area contributed by atoms with Crippen molar-refractivity contribution in [1.29, 1.82) is 0 Å². The molecule has 2 aromatic heterocycles. The van der Waals surface area contributed by atoms with Crippen LogP contribution in [0.3, 0.4) is 0 Å². The van der Waals surface area contributed by atoms with E-state index >= 15 is 0 Å². The fourth-order valence-corrected chi connectivity index (χ4v) is 2.10. The SMILES string of the molecule is Cc1cc(O)ccc1NC(=O)c1cccn2ccnc12. The number of fused-ring (bicyclic) bond motifs is 1. The molecule has 1 amide bonds. The highest BCUT2D eigenvalue weighted by Crippen LogP contribution is 2.21. The molecule has 2 heterocycles. The van der Waals surface area contributed by atoms with Crippen molar-refractivity contribution in [3.8, 4) is 5.75 Å². The van der Waals surface area contributed by atoms with Crippen LogP contribution in [-0.4, -0.2) is 20.4 Å². The van der Waals surface area contributed by atoms with Crippen molar-refractivity contribution in [2.75, 3.05) is 5.32 Å². The van der Waals surface area contributed by atoms with Crippen LogP contribution in [0, 0.1) is 6.92 Å². The van der Waals surface area contributed by atoms with Crippen molar-refractivity contribution >= 4 is 17.2 Å². The van der Waals surface area contributed by atoms with E-state index in [1.54, 1.807) is 47.1 Å². The highest BCUT2D eigenvalue weighted by Gasteiger charge is 2.12. The Morgan fingerprint density at radius 1 is 1.30 bits per heavy atom. The Bertz CT molecular complexity index is 793. The summed E-state index contributed by atoms with van der Waals surface area (Å²) in [5.74, 6) is -0.0496. The molecule has 2 N–H and O–H groups in total. The van der Waals surface area contributed by atoms with Crippen LogP contribution in [-0.2, 0) is 0 Å². The lowest BCUT2D eigenvalue weighted by atomic mass is 10.1. The van der Waals surface area contributed by atoms with Crippen molar-refractivity contribution in [3.05, 3.63) is 60.0 Å². The zero-order chi connectivity index (χ0) is 14.1. The third-order valence-corrected chi connectivity index (χ3v) is 3.12. The summed E-state index contributed by atoms with van der Waals surface area (Å²) in [5.41, 5.74) is 2.58. The van der Waals surface area contributed by atoms with E-state index in [1.807, 2.05) is 13.1 Å². The molecular weight excluding hydrogens is 254 g/mol. The van der Waals surface area contributed by atoms with Crippen molar-refractivity contribution in [2.24, 2.45) is 0 Å². The summed E-state index contributed by atoms with van der Waals surface area (Å²) in [4.78, 5) is 16.5. The van der Waals surface area contributed by atoms with E-state index in [0.717, 1.165) is 5.56 Å². The first-order valence-corrected chi connectivity index (χ1v) is 6.18. The number of rotatable bonds is 2. The molecule has 100 valence electrons. The van der Waals surface area contributed by atoms with E-state index < -0.39 is 0 Å². The molecule has 0 aliphatic rings. The van der Waals surface area contributed by atoms with Gasteiger partial charge in [0.25, 0.3) is 5.91 Å². The van der Waals surface area contributed by atoms with Crippen molar-refractivity contribution < 1.29 is 9.90 Å². The second-order valence-corrected chi connectivity index (χ2v) is 4.53. The molecule has 20 heavy (non-hydrogen) atoms. The normalized spacial score (nSPS) is 10.7. The molecule has 1 aromatic carbocycles. The first-order valence-electron chi connectivity index (χ1n) is 6.18. The zero-order valence-corrected chi connectivity index (χ0v) is 10.9. The zero-order valence-electron chi connectivity index (χ0n) is 10.9. The van der Waals surface area contributed by atoms with Gasteiger partial charge in [0.2, 0.25) is 0 Å². The van der Waals surface area contributed by atoms with Crippen LogP contribution in [0.25, 0.3) is 5.65 Å². The summed E-state index contributed by atoms with van der Waals surface area (Å²) in [5, 5.41) is 12.2. The number of aromatic nitrogens is 2. The van der Waals surface area contributed by atoms with Gasteiger partial charge < -0.3 is 14.8 Å². The van der Waals surface area contributed by atoms with E-state index in [9.17, 15) is 9.90 Å². The van der Waals surface area contributed by atoms with E-state index in [4.69, 9.17) is 0 Å². The van der Waals surface area contributed by atoms with Crippen molar-refractivity contribution in [3.63, 3.8) is 0 Å². The number of aryl methyl sites for hydroxylation is 1. The van der Waals surface area contributed by atoms with Crippen LogP contribution in [0.15, 0.2) is 48.9 Å². The van der Waals surface area contributed by atoms with Gasteiger partial charge in [-0.25, -0.2) is 4.98 Å². The fraction of sp³-hybridized carbons (Fsp3) is 0.0667. The van der Waals surface area contributed by atoms with Crippen LogP contribution < -0.4 is 5.32 Å². The van der Waals surface area contributed by atoms with Gasteiger partial charge in [-0.2, -0.15) is 0 Å². The third-order valence-electron chi connectivity index (χ3n) is 3.12. The van der Waals surface area contributed by atoms with Crippen LogP contribution in [0.2, 0.25) is 0 Å². The summed E-state index contributed by atoms with van der Waals surface area (Å²) in [7, 11) is 0. The van der Waals surface area contributed by atoms with Crippen molar-refractivity contribution in [1.82, 2.24) is 9.38 Å². The van der Waals surface area contributed by atoms with Gasteiger partial charge in [-0.05, 0) is 42.8 Å². The molecule has 0 aliphatic heterocycles. The molecule has 0 atom stereocenters. The number of phenols is 1. The molecule has 0 aliphatic carbocycles. The minimum atomic E-state index is -0.226. The Balaban J connectivity index is 1.95. The fourth-order valence-electron chi connectivity index (χ4n) is 2.10. The molecule has 0 spiro atoms. The van der Waals surface area contributed by atoms with Gasteiger partial charge in [0, 0.05) is 24.3 Å². The average Bonchev–Trinajstić information content (AvgIpc) is 2.90. The molecule has 0 bridgehead atoms. The minimum absolute atomic E-state index is 0.177.